The van der Waals surface area contributed by atoms with Crippen molar-refractivity contribution < 1.29 is 13.9 Å². The quantitative estimate of drug-likeness (QED) is 0.600. The second-order valence-electron chi connectivity index (χ2n) is 5.26. The minimum Gasteiger partial charge on any atom is -0.421 e. The SMILES string of the molecule is CNC(=O)c1[nH]nc2c1ccc1cnc(Oc3ccccc3F)nc12. The van der Waals surface area contributed by atoms with E-state index >= 15 is 0 Å². The van der Waals surface area contributed by atoms with E-state index in [-0.39, 0.29) is 17.7 Å². The molecule has 0 saturated heterocycles. The van der Waals surface area contributed by atoms with E-state index in [2.05, 4.69) is 25.5 Å². The number of ether oxygens (including phenoxy) is 1. The molecule has 2 N–H and O–H groups in total. The monoisotopic (exact) mass is 337 g/mol. The first-order chi connectivity index (χ1) is 12.2. The Labute approximate surface area is 140 Å². The van der Waals surface area contributed by atoms with E-state index in [1.165, 1.54) is 12.1 Å². The van der Waals surface area contributed by atoms with Gasteiger partial charge >= 0.3 is 6.01 Å². The highest BCUT2D eigenvalue weighted by Gasteiger charge is 2.16. The van der Waals surface area contributed by atoms with Gasteiger partial charge in [-0.25, -0.2) is 9.37 Å². The second-order valence-corrected chi connectivity index (χ2v) is 5.26. The standard InChI is InChI=1S/C17H12FN5O2/c1-19-16(24)15-10-7-6-9-8-20-17(21-13(9)14(10)22-23-15)25-12-5-3-2-4-11(12)18/h2-8H,1H3,(H,19,24)(H,22,23). The predicted octanol–water partition coefficient (Wildman–Crippen LogP) is 2.80. The first-order valence-corrected chi connectivity index (χ1v) is 7.45. The summed E-state index contributed by atoms with van der Waals surface area (Å²) in [5.74, 6) is -0.757. The molecule has 0 bridgehead atoms. The summed E-state index contributed by atoms with van der Waals surface area (Å²) in [6, 6.07) is 9.55. The average molecular weight is 337 g/mol. The topological polar surface area (TPSA) is 92.8 Å². The molecule has 0 fully saturated rings. The fraction of sp³-hybridized carbons (Fsp3) is 0.0588. The minimum absolute atomic E-state index is 0.00501. The van der Waals surface area contributed by atoms with Crippen LogP contribution in [0.5, 0.6) is 11.8 Å². The molecule has 0 aliphatic rings. The number of halogens is 1. The number of fused-ring (bicyclic) bond motifs is 3. The molecule has 0 aliphatic carbocycles. The zero-order valence-electron chi connectivity index (χ0n) is 13.1. The van der Waals surface area contributed by atoms with Crippen LogP contribution in [0.4, 0.5) is 4.39 Å². The van der Waals surface area contributed by atoms with Crippen LogP contribution in [-0.2, 0) is 0 Å². The van der Waals surface area contributed by atoms with Crippen LogP contribution in [0.2, 0.25) is 0 Å². The largest absolute Gasteiger partial charge is 0.421 e. The van der Waals surface area contributed by atoms with E-state index in [4.69, 9.17) is 4.74 Å². The van der Waals surface area contributed by atoms with Crippen molar-refractivity contribution in [1.29, 1.82) is 0 Å². The molecule has 0 unspecified atom stereocenters. The molecule has 7 nitrogen and oxygen atoms in total. The Morgan fingerprint density at radius 3 is 2.84 bits per heavy atom. The van der Waals surface area contributed by atoms with Crippen molar-refractivity contribution >= 4 is 27.7 Å². The van der Waals surface area contributed by atoms with Gasteiger partial charge in [0.2, 0.25) is 0 Å². The Morgan fingerprint density at radius 2 is 2.04 bits per heavy atom. The number of para-hydroxylation sites is 1. The van der Waals surface area contributed by atoms with Crippen molar-refractivity contribution in [2.24, 2.45) is 0 Å². The molecule has 124 valence electrons. The third-order valence-corrected chi connectivity index (χ3v) is 3.74. The van der Waals surface area contributed by atoms with E-state index in [9.17, 15) is 9.18 Å². The first-order valence-electron chi connectivity index (χ1n) is 7.45. The molecule has 0 radical (unpaired) electrons. The van der Waals surface area contributed by atoms with Gasteiger partial charge in [-0.05, 0) is 18.2 Å². The van der Waals surface area contributed by atoms with Crippen molar-refractivity contribution in [3.8, 4) is 11.8 Å². The summed E-state index contributed by atoms with van der Waals surface area (Å²) < 4.78 is 19.2. The van der Waals surface area contributed by atoms with Crippen LogP contribution in [0.25, 0.3) is 21.8 Å². The molecule has 4 rings (SSSR count). The van der Waals surface area contributed by atoms with Crippen molar-refractivity contribution in [2.75, 3.05) is 7.05 Å². The Morgan fingerprint density at radius 1 is 1.20 bits per heavy atom. The highest BCUT2D eigenvalue weighted by atomic mass is 19.1. The maximum Gasteiger partial charge on any atom is 0.322 e. The number of carbonyl (C=O) groups excluding carboxylic acids is 1. The Kier molecular flexibility index (Phi) is 3.50. The highest BCUT2D eigenvalue weighted by Crippen LogP contribution is 2.27. The van der Waals surface area contributed by atoms with E-state index < -0.39 is 5.82 Å². The molecule has 4 aromatic rings. The smallest absolute Gasteiger partial charge is 0.322 e. The number of rotatable bonds is 3. The van der Waals surface area contributed by atoms with Crippen LogP contribution in [0.3, 0.4) is 0 Å². The number of benzene rings is 2. The molecular weight excluding hydrogens is 325 g/mol. The number of nitrogens with zero attached hydrogens (tertiary/aromatic N) is 3. The normalized spacial score (nSPS) is 11.0. The third kappa shape index (κ3) is 2.53. The number of hydrogen-bond donors (Lipinski definition) is 2. The van der Waals surface area contributed by atoms with Crippen molar-refractivity contribution in [1.82, 2.24) is 25.5 Å². The number of nitrogens with one attached hydrogen (secondary N) is 2. The Bertz CT molecular complexity index is 1110. The fourth-order valence-corrected chi connectivity index (χ4v) is 2.53. The molecule has 0 saturated carbocycles. The maximum absolute atomic E-state index is 13.7. The predicted molar refractivity (Wildman–Crippen MR) is 89.1 cm³/mol. The molecule has 25 heavy (non-hydrogen) atoms. The molecule has 2 heterocycles. The van der Waals surface area contributed by atoms with Crippen LogP contribution < -0.4 is 10.1 Å². The lowest BCUT2D eigenvalue weighted by atomic mass is 10.1. The van der Waals surface area contributed by atoms with Gasteiger partial charge in [0.25, 0.3) is 5.91 Å². The zero-order valence-corrected chi connectivity index (χ0v) is 13.1. The van der Waals surface area contributed by atoms with Crippen molar-refractivity contribution in [3.63, 3.8) is 0 Å². The third-order valence-electron chi connectivity index (χ3n) is 3.74. The Balaban J connectivity index is 1.84. The number of hydrogen-bond acceptors (Lipinski definition) is 5. The molecule has 2 aromatic heterocycles. The molecular formula is C17H12FN5O2. The summed E-state index contributed by atoms with van der Waals surface area (Å²) in [5, 5.41) is 10.8. The molecule has 2 aromatic carbocycles. The number of aromatic nitrogens is 4. The first kappa shape index (κ1) is 15.0. The molecule has 0 spiro atoms. The summed E-state index contributed by atoms with van der Waals surface area (Å²) >= 11 is 0. The molecule has 8 heteroatoms. The summed E-state index contributed by atoms with van der Waals surface area (Å²) in [7, 11) is 1.54. The fourth-order valence-electron chi connectivity index (χ4n) is 2.53. The van der Waals surface area contributed by atoms with Gasteiger partial charge in [0.1, 0.15) is 16.7 Å². The van der Waals surface area contributed by atoms with E-state index in [1.807, 2.05) is 0 Å². The van der Waals surface area contributed by atoms with Gasteiger partial charge in [-0.15, -0.1) is 0 Å². The number of amides is 1. The number of aromatic amines is 1. The van der Waals surface area contributed by atoms with Gasteiger partial charge in [0.15, 0.2) is 11.6 Å². The van der Waals surface area contributed by atoms with Crippen LogP contribution in [0.15, 0.2) is 42.6 Å². The molecule has 1 amide bonds. The summed E-state index contributed by atoms with van der Waals surface area (Å²) in [6.45, 7) is 0. The van der Waals surface area contributed by atoms with Gasteiger partial charge in [-0.1, -0.05) is 18.2 Å². The molecule has 0 atom stereocenters. The highest BCUT2D eigenvalue weighted by molar-refractivity contribution is 6.11. The lowest BCUT2D eigenvalue weighted by Crippen LogP contribution is -2.18. The van der Waals surface area contributed by atoms with Crippen molar-refractivity contribution in [3.05, 3.63) is 54.1 Å². The van der Waals surface area contributed by atoms with Crippen molar-refractivity contribution in [2.45, 2.75) is 0 Å². The van der Waals surface area contributed by atoms with Crippen LogP contribution in [0.1, 0.15) is 10.5 Å². The summed E-state index contributed by atoms with van der Waals surface area (Å²) in [5.41, 5.74) is 1.36. The van der Waals surface area contributed by atoms with E-state index in [0.29, 0.717) is 22.1 Å². The Hall–Kier alpha value is -3.55. The summed E-state index contributed by atoms with van der Waals surface area (Å²) in [4.78, 5) is 20.3. The van der Waals surface area contributed by atoms with Gasteiger partial charge in [-0.2, -0.15) is 10.1 Å². The van der Waals surface area contributed by atoms with E-state index in [1.54, 1.807) is 37.5 Å². The minimum atomic E-state index is -0.508. The van der Waals surface area contributed by atoms with Gasteiger partial charge in [0, 0.05) is 24.0 Å². The molecule has 0 aliphatic heterocycles. The summed E-state index contributed by atoms with van der Waals surface area (Å²) in [6.07, 6.45) is 1.56. The van der Waals surface area contributed by atoms with E-state index in [0.717, 1.165) is 5.39 Å². The second kappa shape index (κ2) is 5.82. The zero-order chi connectivity index (χ0) is 17.4. The van der Waals surface area contributed by atoms with Crippen LogP contribution >= 0.6 is 0 Å². The number of carbonyl (C=O) groups is 1. The maximum atomic E-state index is 13.7. The van der Waals surface area contributed by atoms with Crippen LogP contribution in [0, 0.1) is 5.82 Å². The van der Waals surface area contributed by atoms with Gasteiger partial charge in [0.05, 0.1) is 0 Å². The average Bonchev–Trinajstić information content (AvgIpc) is 3.07. The van der Waals surface area contributed by atoms with Gasteiger partial charge in [-0.3, -0.25) is 9.89 Å². The van der Waals surface area contributed by atoms with Crippen LogP contribution in [-0.4, -0.2) is 33.1 Å². The van der Waals surface area contributed by atoms with Gasteiger partial charge < -0.3 is 10.1 Å². The lowest BCUT2D eigenvalue weighted by Gasteiger charge is -2.05. The number of H-pyrrole nitrogens is 1. The lowest BCUT2D eigenvalue weighted by molar-refractivity contribution is 0.0959.